The fourth-order valence-electron chi connectivity index (χ4n) is 2.15. The van der Waals surface area contributed by atoms with E-state index in [0.717, 1.165) is 0 Å². The number of halogens is 3. The Bertz CT molecular complexity index is 329. The molecule has 0 spiro atoms. The minimum Gasteiger partial charge on any atom is -0.242 e. The monoisotopic (exact) mass is 532 g/mol. The van der Waals surface area contributed by atoms with Gasteiger partial charge in [0.05, 0.1) is 3.42 Å². The van der Waals surface area contributed by atoms with E-state index in [1.165, 1.54) is 0 Å². The van der Waals surface area contributed by atoms with Crippen LogP contribution in [-0.4, -0.2) is 22.8 Å². The zero-order chi connectivity index (χ0) is 16.1. The molecule has 5 heteroatoms. The highest BCUT2D eigenvalue weighted by atomic mass is 127. The van der Waals surface area contributed by atoms with Crippen molar-refractivity contribution in [2.45, 2.75) is 78.2 Å². The lowest BCUT2D eigenvalue weighted by atomic mass is 9.68. The summed E-state index contributed by atoms with van der Waals surface area (Å²) in [6.07, 6.45) is 0. The molecule has 0 aliphatic heterocycles. The molecule has 0 heterocycles. The number of rotatable bonds is 5. The predicted octanol–water partition coefficient (Wildman–Crippen LogP) is 6.05. The summed E-state index contributed by atoms with van der Waals surface area (Å²) in [7, 11) is 5.94. The summed E-state index contributed by atoms with van der Waals surface area (Å²) >= 11 is 4.80. The standard InChI is InChI=1S/C14H29FI2P2/c1-9(2)11(5,15)12(6,17)14(8,19)13(7,18)10(3,4)16/h9H,18-19H2,1-8H3. The summed E-state index contributed by atoms with van der Waals surface area (Å²) in [6.45, 7) is 16.5. The molecule has 6 unspecified atom stereocenters. The average molecular weight is 532 g/mol. The van der Waals surface area contributed by atoms with Crippen molar-refractivity contribution in [1.29, 1.82) is 0 Å². The fourth-order valence-corrected chi connectivity index (χ4v) is 5.42. The van der Waals surface area contributed by atoms with Crippen LogP contribution in [0.15, 0.2) is 0 Å². The smallest absolute Gasteiger partial charge is 0.125 e. The first-order valence-corrected chi connectivity index (χ1v) is 9.90. The van der Waals surface area contributed by atoms with E-state index in [0.29, 0.717) is 0 Å². The number of hydrogen-bond donors (Lipinski definition) is 0. The van der Waals surface area contributed by atoms with Crippen LogP contribution >= 0.6 is 63.7 Å². The van der Waals surface area contributed by atoms with Crippen molar-refractivity contribution in [2.24, 2.45) is 5.92 Å². The molecule has 116 valence electrons. The number of alkyl halides is 3. The summed E-state index contributed by atoms with van der Waals surface area (Å²) in [5.41, 5.74) is -1.25. The third kappa shape index (κ3) is 3.44. The van der Waals surface area contributed by atoms with Gasteiger partial charge in [-0.05, 0) is 33.6 Å². The van der Waals surface area contributed by atoms with E-state index in [-0.39, 0.29) is 19.7 Å². The van der Waals surface area contributed by atoms with Gasteiger partial charge >= 0.3 is 0 Å². The molecule has 0 aromatic rings. The van der Waals surface area contributed by atoms with Gasteiger partial charge in [-0.3, -0.25) is 0 Å². The third-order valence-electron chi connectivity index (χ3n) is 5.29. The van der Waals surface area contributed by atoms with Gasteiger partial charge in [-0.25, -0.2) is 4.39 Å². The molecular weight excluding hydrogens is 503 g/mol. The van der Waals surface area contributed by atoms with Crippen LogP contribution in [0, 0.1) is 5.92 Å². The second kappa shape index (κ2) is 6.04. The molecule has 0 fully saturated rings. The van der Waals surface area contributed by atoms with E-state index < -0.39 is 9.09 Å². The molecule has 0 nitrogen and oxygen atoms in total. The van der Waals surface area contributed by atoms with Crippen molar-refractivity contribution < 1.29 is 4.39 Å². The maximum Gasteiger partial charge on any atom is 0.125 e. The number of hydrogen-bond acceptors (Lipinski definition) is 0. The van der Waals surface area contributed by atoms with Crippen LogP contribution in [0.3, 0.4) is 0 Å². The molecule has 0 aromatic carbocycles. The Morgan fingerprint density at radius 2 is 1.16 bits per heavy atom. The maximum absolute atomic E-state index is 15.4. The quantitative estimate of drug-likeness (QED) is 0.230. The van der Waals surface area contributed by atoms with E-state index in [2.05, 4.69) is 91.4 Å². The third-order valence-corrected chi connectivity index (χ3v) is 12.6. The molecule has 0 radical (unpaired) electrons. The Hall–Kier alpha value is 2.25. The van der Waals surface area contributed by atoms with Gasteiger partial charge in [0, 0.05) is 13.7 Å². The highest BCUT2D eigenvalue weighted by molar-refractivity contribution is 14.1. The van der Waals surface area contributed by atoms with Crippen LogP contribution in [0.1, 0.15) is 55.4 Å². The second-order valence-corrected chi connectivity index (χ2v) is 14.3. The molecule has 0 aromatic heterocycles. The summed E-state index contributed by atoms with van der Waals surface area (Å²) in [5, 5.41) is -0.396. The molecular formula is C14H29FI2P2. The van der Waals surface area contributed by atoms with Crippen molar-refractivity contribution in [2.75, 3.05) is 0 Å². The first kappa shape index (κ1) is 21.2. The van der Waals surface area contributed by atoms with Gasteiger partial charge in [0.2, 0.25) is 0 Å². The summed E-state index contributed by atoms with van der Waals surface area (Å²) in [5.74, 6) is -0.0209. The van der Waals surface area contributed by atoms with Crippen molar-refractivity contribution >= 4 is 63.7 Å². The Labute approximate surface area is 151 Å². The molecule has 0 rings (SSSR count). The Kier molecular flexibility index (Phi) is 6.75. The molecule has 0 saturated heterocycles. The minimum absolute atomic E-state index is 0.0209. The van der Waals surface area contributed by atoms with Gasteiger partial charge in [-0.2, -0.15) is 0 Å². The van der Waals surface area contributed by atoms with Crippen LogP contribution in [0.25, 0.3) is 0 Å². The van der Waals surface area contributed by atoms with Gasteiger partial charge in [0.1, 0.15) is 5.67 Å². The van der Waals surface area contributed by atoms with E-state index >= 15 is 4.39 Å². The summed E-state index contributed by atoms with van der Waals surface area (Å²) in [6, 6.07) is 0. The lowest BCUT2D eigenvalue weighted by molar-refractivity contribution is 0.0620. The van der Waals surface area contributed by atoms with Gasteiger partial charge in [0.25, 0.3) is 0 Å². The van der Waals surface area contributed by atoms with Crippen LogP contribution in [-0.2, 0) is 0 Å². The normalized spacial score (nSPS) is 26.2. The average Bonchev–Trinajstić information content (AvgIpc) is 2.14. The predicted molar refractivity (Wildman–Crippen MR) is 111 cm³/mol. The SMILES string of the molecule is CC(C)C(C)(F)C(C)(I)C(C)(P)C(C)(P)C(C)(C)I. The molecule has 0 amide bonds. The van der Waals surface area contributed by atoms with Gasteiger partial charge in [-0.15, -0.1) is 18.5 Å². The maximum atomic E-state index is 15.4. The molecule has 0 saturated carbocycles. The summed E-state index contributed by atoms with van der Waals surface area (Å²) < 4.78 is 14.9. The molecule has 0 bridgehead atoms. The van der Waals surface area contributed by atoms with Crippen LogP contribution < -0.4 is 0 Å². The van der Waals surface area contributed by atoms with Crippen LogP contribution in [0.5, 0.6) is 0 Å². The minimum atomic E-state index is -1.25. The molecule has 0 N–H and O–H groups in total. The Balaban J connectivity index is 5.92. The van der Waals surface area contributed by atoms with Gasteiger partial charge < -0.3 is 0 Å². The first-order valence-electron chi connectivity index (χ1n) is 6.59. The summed E-state index contributed by atoms with van der Waals surface area (Å²) in [4.78, 5) is 0. The zero-order valence-electron chi connectivity index (χ0n) is 13.4. The lowest BCUT2D eigenvalue weighted by Gasteiger charge is -2.59. The topological polar surface area (TPSA) is 0 Å². The Morgan fingerprint density at radius 3 is 1.37 bits per heavy atom. The van der Waals surface area contributed by atoms with Crippen LogP contribution in [0.4, 0.5) is 4.39 Å². The van der Waals surface area contributed by atoms with E-state index in [9.17, 15) is 0 Å². The molecule has 0 aliphatic carbocycles. The lowest BCUT2D eigenvalue weighted by Crippen LogP contribution is -2.67. The molecule has 6 atom stereocenters. The van der Waals surface area contributed by atoms with E-state index in [1.807, 2.05) is 20.8 Å². The largest absolute Gasteiger partial charge is 0.242 e. The highest BCUT2D eigenvalue weighted by Crippen LogP contribution is 2.61. The van der Waals surface area contributed by atoms with Crippen molar-refractivity contribution in [1.82, 2.24) is 0 Å². The Morgan fingerprint density at radius 1 is 0.842 bits per heavy atom. The van der Waals surface area contributed by atoms with Crippen molar-refractivity contribution in [3.05, 3.63) is 0 Å². The van der Waals surface area contributed by atoms with E-state index in [1.54, 1.807) is 6.92 Å². The van der Waals surface area contributed by atoms with E-state index in [4.69, 9.17) is 0 Å². The van der Waals surface area contributed by atoms with Gasteiger partial charge in [0.15, 0.2) is 0 Å². The fraction of sp³-hybridized carbons (Fsp3) is 1.00. The van der Waals surface area contributed by atoms with Crippen LogP contribution in [0.2, 0.25) is 0 Å². The highest BCUT2D eigenvalue weighted by Gasteiger charge is 2.62. The molecule has 19 heavy (non-hydrogen) atoms. The van der Waals surface area contributed by atoms with Crippen molar-refractivity contribution in [3.8, 4) is 0 Å². The first-order chi connectivity index (χ1) is 7.94. The second-order valence-electron chi connectivity index (χ2n) is 7.11. The zero-order valence-corrected chi connectivity index (χ0v) is 20.0. The van der Waals surface area contributed by atoms with Gasteiger partial charge in [-0.1, -0.05) is 72.9 Å². The van der Waals surface area contributed by atoms with Crippen molar-refractivity contribution in [3.63, 3.8) is 0 Å². The molecule has 0 aliphatic rings.